The fraction of sp³-hybridized carbons (Fsp3) is 0.300. The minimum absolute atomic E-state index is 0.138. The van der Waals surface area contributed by atoms with Crippen molar-refractivity contribution in [2.24, 2.45) is 5.73 Å². The van der Waals surface area contributed by atoms with Gasteiger partial charge in [-0.1, -0.05) is 15.9 Å². The van der Waals surface area contributed by atoms with Crippen LogP contribution in [0.15, 0.2) is 22.7 Å². The van der Waals surface area contributed by atoms with Crippen molar-refractivity contribution >= 4 is 33.2 Å². The van der Waals surface area contributed by atoms with Crippen molar-refractivity contribution in [2.45, 2.75) is 12.8 Å². The predicted octanol–water partition coefficient (Wildman–Crippen LogP) is 2.03. The first-order valence-electron chi connectivity index (χ1n) is 4.98. The number of nitrogens with one attached hydrogen (secondary N) is 1. The zero-order chi connectivity index (χ0) is 12.8. The van der Waals surface area contributed by atoms with Crippen molar-refractivity contribution in [3.8, 4) is 0 Å². The van der Waals surface area contributed by atoms with Gasteiger partial charge in [-0.2, -0.15) is 0 Å². The summed E-state index contributed by atoms with van der Waals surface area (Å²) in [5.41, 5.74) is 5.33. The normalized spacial score (nSPS) is 10.0. The number of anilines is 1. The molecule has 17 heavy (non-hydrogen) atoms. The van der Waals surface area contributed by atoms with E-state index in [1.54, 1.807) is 6.07 Å². The lowest BCUT2D eigenvalue weighted by Crippen LogP contribution is -2.14. The molecule has 6 nitrogen and oxygen atoms in total. The van der Waals surface area contributed by atoms with Gasteiger partial charge < -0.3 is 11.1 Å². The van der Waals surface area contributed by atoms with Crippen LogP contribution in [-0.2, 0) is 4.79 Å². The molecule has 0 aliphatic rings. The average molecular weight is 302 g/mol. The largest absolute Gasteiger partial charge is 0.330 e. The molecule has 0 radical (unpaired) electrons. The third-order valence-corrected chi connectivity index (χ3v) is 2.53. The molecule has 0 heterocycles. The number of rotatable bonds is 5. The fourth-order valence-corrected chi connectivity index (χ4v) is 1.59. The van der Waals surface area contributed by atoms with E-state index in [2.05, 4.69) is 21.2 Å². The van der Waals surface area contributed by atoms with E-state index in [0.717, 1.165) is 0 Å². The summed E-state index contributed by atoms with van der Waals surface area (Å²) in [4.78, 5) is 21.7. The Morgan fingerprint density at radius 1 is 1.53 bits per heavy atom. The minimum Gasteiger partial charge on any atom is -0.330 e. The summed E-state index contributed by atoms with van der Waals surface area (Å²) in [5.74, 6) is -0.277. The van der Waals surface area contributed by atoms with E-state index >= 15 is 0 Å². The van der Waals surface area contributed by atoms with Crippen LogP contribution >= 0.6 is 15.9 Å². The number of nitrogens with zero attached hydrogens (tertiary/aromatic N) is 1. The molecular weight excluding hydrogens is 290 g/mol. The summed E-state index contributed by atoms with van der Waals surface area (Å²) in [6, 6.07) is 4.46. The van der Waals surface area contributed by atoms with E-state index in [9.17, 15) is 14.9 Å². The van der Waals surface area contributed by atoms with Crippen molar-refractivity contribution in [1.29, 1.82) is 0 Å². The molecule has 0 bridgehead atoms. The van der Waals surface area contributed by atoms with E-state index < -0.39 is 4.92 Å². The molecule has 0 saturated carbocycles. The second-order valence-corrected chi connectivity index (χ2v) is 4.27. The molecule has 1 aromatic carbocycles. The summed E-state index contributed by atoms with van der Waals surface area (Å²) in [6.45, 7) is 0.413. The lowest BCUT2D eigenvalue weighted by molar-refractivity contribution is -0.384. The van der Waals surface area contributed by atoms with Crippen molar-refractivity contribution in [3.63, 3.8) is 0 Å². The van der Waals surface area contributed by atoms with E-state index in [1.165, 1.54) is 12.1 Å². The summed E-state index contributed by atoms with van der Waals surface area (Å²) in [6.07, 6.45) is 0.805. The third-order valence-electron chi connectivity index (χ3n) is 2.04. The molecular formula is C10H12BrN3O3. The summed E-state index contributed by atoms with van der Waals surface area (Å²) in [7, 11) is 0. The average Bonchev–Trinajstić information content (AvgIpc) is 2.28. The summed E-state index contributed by atoms with van der Waals surface area (Å²) >= 11 is 3.14. The van der Waals surface area contributed by atoms with E-state index in [4.69, 9.17) is 5.73 Å². The number of hydrogen-bond acceptors (Lipinski definition) is 4. The molecule has 0 unspecified atom stereocenters. The molecule has 1 amide bonds. The molecule has 0 aliphatic carbocycles. The number of benzene rings is 1. The maximum Gasteiger partial charge on any atom is 0.293 e. The van der Waals surface area contributed by atoms with Crippen LogP contribution < -0.4 is 11.1 Å². The van der Waals surface area contributed by atoms with Gasteiger partial charge in [0.2, 0.25) is 5.91 Å². The van der Waals surface area contributed by atoms with Crippen LogP contribution in [0, 0.1) is 10.1 Å². The van der Waals surface area contributed by atoms with Crippen LogP contribution in [0.2, 0.25) is 0 Å². The number of carbonyl (C=O) groups excluding carboxylic acids is 1. The lowest BCUT2D eigenvalue weighted by Gasteiger charge is -2.05. The van der Waals surface area contributed by atoms with Gasteiger partial charge in [0.05, 0.1) is 4.92 Å². The van der Waals surface area contributed by atoms with Gasteiger partial charge in [0.15, 0.2) is 0 Å². The van der Waals surface area contributed by atoms with Crippen molar-refractivity contribution in [3.05, 3.63) is 32.8 Å². The zero-order valence-corrected chi connectivity index (χ0v) is 10.6. The Morgan fingerprint density at radius 2 is 2.24 bits per heavy atom. The number of nitrogens with two attached hydrogens (primary N) is 1. The van der Waals surface area contributed by atoms with Crippen molar-refractivity contribution in [2.75, 3.05) is 11.9 Å². The Morgan fingerprint density at radius 3 is 2.82 bits per heavy atom. The Bertz CT molecular complexity index is 437. The number of amides is 1. The Labute approximate surface area is 106 Å². The van der Waals surface area contributed by atoms with Gasteiger partial charge in [-0.15, -0.1) is 0 Å². The molecule has 1 rings (SSSR count). The maximum atomic E-state index is 11.4. The smallest absolute Gasteiger partial charge is 0.293 e. The SMILES string of the molecule is NCCCC(=O)Nc1ccc(Br)cc1[N+](=O)[O-]. The molecule has 0 aliphatic heterocycles. The number of carbonyl (C=O) groups is 1. The van der Waals surface area contributed by atoms with Crippen LogP contribution in [0.1, 0.15) is 12.8 Å². The third kappa shape index (κ3) is 4.12. The van der Waals surface area contributed by atoms with Gasteiger partial charge >= 0.3 is 0 Å². The first-order chi connectivity index (χ1) is 8.04. The lowest BCUT2D eigenvalue weighted by atomic mass is 10.2. The Balaban J connectivity index is 2.83. The zero-order valence-electron chi connectivity index (χ0n) is 8.98. The van der Waals surface area contributed by atoms with Crippen LogP contribution in [0.5, 0.6) is 0 Å². The van der Waals surface area contributed by atoms with Crippen LogP contribution in [0.4, 0.5) is 11.4 Å². The number of nitro groups is 1. The minimum atomic E-state index is -0.538. The highest BCUT2D eigenvalue weighted by Crippen LogP contribution is 2.27. The molecule has 7 heteroatoms. The van der Waals surface area contributed by atoms with Crippen LogP contribution in [0.3, 0.4) is 0 Å². The quantitative estimate of drug-likeness (QED) is 0.642. The molecule has 0 aromatic heterocycles. The second kappa shape index (κ2) is 6.31. The van der Waals surface area contributed by atoms with Gasteiger partial charge in [0.25, 0.3) is 5.69 Å². The van der Waals surface area contributed by atoms with Gasteiger partial charge in [-0.3, -0.25) is 14.9 Å². The highest BCUT2D eigenvalue weighted by atomic mass is 79.9. The number of halogens is 1. The van der Waals surface area contributed by atoms with Gasteiger partial charge in [-0.05, 0) is 25.1 Å². The number of hydrogen-bond donors (Lipinski definition) is 2. The summed E-state index contributed by atoms with van der Waals surface area (Å²) in [5, 5.41) is 13.3. The molecule has 0 fully saturated rings. The van der Waals surface area contributed by atoms with Crippen LogP contribution in [-0.4, -0.2) is 17.4 Å². The highest BCUT2D eigenvalue weighted by Gasteiger charge is 2.15. The van der Waals surface area contributed by atoms with Crippen molar-refractivity contribution < 1.29 is 9.72 Å². The Kier molecular flexibility index (Phi) is 5.05. The van der Waals surface area contributed by atoms with E-state index in [0.29, 0.717) is 17.4 Å². The molecule has 0 saturated heterocycles. The monoisotopic (exact) mass is 301 g/mol. The first kappa shape index (κ1) is 13.6. The summed E-state index contributed by atoms with van der Waals surface area (Å²) < 4.78 is 0.587. The van der Waals surface area contributed by atoms with Crippen molar-refractivity contribution in [1.82, 2.24) is 0 Å². The molecule has 92 valence electrons. The van der Waals surface area contributed by atoms with Gasteiger partial charge in [0.1, 0.15) is 5.69 Å². The number of nitro benzene ring substituents is 1. The standard InChI is InChI=1S/C10H12BrN3O3/c11-7-3-4-8(9(6-7)14(16)17)13-10(15)2-1-5-12/h3-4,6H,1-2,5,12H2,(H,13,15). The fourth-order valence-electron chi connectivity index (χ4n) is 1.24. The van der Waals surface area contributed by atoms with E-state index in [1.807, 2.05) is 0 Å². The topological polar surface area (TPSA) is 98.3 Å². The molecule has 1 aromatic rings. The first-order valence-corrected chi connectivity index (χ1v) is 5.77. The predicted molar refractivity (Wildman–Crippen MR) is 67.7 cm³/mol. The highest BCUT2D eigenvalue weighted by molar-refractivity contribution is 9.10. The molecule has 0 atom stereocenters. The molecule has 0 spiro atoms. The van der Waals surface area contributed by atoms with Crippen LogP contribution in [0.25, 0.3) is 0 Å². The molecule has 3 N–H and O–H groups in total. The maximum absolute atomic E-state index is 11.4. The Hall–Kier alpha value is -1.47. The van der Waals surface area contributed by atoms with Gasteiger partial charge in [-0.25, -0.2) is 0 Å². The van der Waals surface area contributed by atoms with E-state index in [-0.39, 0.29) is 23.7 Å². The second-order valence-electron chi connectivity index (χ2n) is 3.36. The van der Waals surface area contributed by atoms with Gasteiger partial charge in [0, 0.05) is 17.0 Å².